The lowest BCUT2D eigenvalue weighted by molar-refractivity contribution is -0.119. The van der Waals surface area contributed by atoms with Crippen LogP contribution in [0.1, 0.15) is 193 Å². The van der Waals surface area contributed by atoms with Crippen molar-refractivity contribution in [1.29, 1.82) is 0 Å². The number of Topliss-reactive ketones (excluding diaryl/α,β-unsaturated/α-hetero) is 1. The van der Waals surface area contributed by atoms with E-state index in [1.54, 1.807) is 0 Å². The van der Waals surface area contributed by atoms with Gasteiger partial charge in [0, 0.05) is 12.8 Å². The van der Waals surface area contributed by atoms with Crippen LogP contribution in [0, 0.1) is 0 Å². The normalized spacial score (nSPS) is 11.4. The van der Waals surface area contributed by atoms with Gasteiger partial charge in [-0.25, -0.2) is 0 Å². The number of carbonyl (C=O) groups excluding carboxylic acids is 1. The Labute approximate surface area is 216 Å². The van der Waals surface area contributed by atoms with Gasteiger partial charge in [0.05, 0.1) is 0 Å². The molecule has 204 valence electrons. The molecule has 0 saturated heterocycles. The summed E-state index contributed by atoms with van der Waals surface area (Å²) in [5.74, 6) is 0.520. The minimum absolute atomic E-state index is 0.520. The number of hydrogen-bond donors (Lipinski definition) is 1. The van der Waals surface area contributed by atoms with E-state index in [0.717, 1.165) is 32.2 Å². The lowest BCUT2D eigenvalue weighted by Gasteiger charge is -2.04. The standard InChI is InChI=1S/C32H65NO/c1-2-3-4-5-6-7-8-11-14-17-20-23-26-29-32(34)30-27-24-21-18-15-12-9-10-13-16-19-22-25-28-31-33/h2-31,33H2,1H3. The highest BCUT2D eigenvalue weighted by atomic mass is 16.1. The molecule has 0 fully saturated rings. The predicted octanol–water partition coefficient (Wildman–Crippen LogP) is 10.8. The van der Waals surface area contributed by atoms with E-state index in [0.29, 0.717) is 5.78 Å². The van der Waals surface area contributed by atoms with Crippen molar-refractivity contribution in [2.75, 3.05) is 6.54 Å². The molecular weight excluding hydrogens is 414 g/mol. The summed E-state index contributed by atoms with van der Waals surface area (Å²) in [6.07, 6.45) is 38.4. The minimum Gasteiger partial charge on any atom is -0.330 e. The van der Waals surface area contributed by atoms with Crippen molar-refractivity contribution >= 4 is 5.78 Å². The van der Waals surface area contributed by atoms with E-state index in [4.69, 9.17) is 5.73 Å². The molecule has 0 atom stereocenters. The Kier molecular flexibility index (Phi) is 30.3. The fraction of sp³-hybridized carbons (Fsp3) is 0.969. The van der Waals surface area contributed by atoms with Crippen molar-refractivity contribution in [3.8, 4) is 0 Å². The van der Waals surface area contributed by atoms with Gasteiger partial charge in [-0.05, 0) is 25.8 Å². The van der Waals surface area contributed by atoms with Crippen LogP contribution in [0.3, 0.4) is 0 Å². The van der Waals surface area contributed by atoms with Gasteiger partial charge in [0.1, 0.15) is 5.78 Å². The van der Waals surface area contributed by atoms with Gasteiger partial charge >= 0.3 is 0 Å². The summed E-state index contributed by atoms with van der Waals surface area (Å²) in [5.41, 5.74) is 5.53. The van der Waals surface area contributed by atoms with Crippen molar-refractivity contribution in [1.82, 2.24) is 0 Å². The first-order valence-corrected chi connectivity index (χ1v) is 16.0. The summed E-state index contributed by atoms with van der Waals surface area (Å²) in [6, 6.07) is 0. The van der Waals surface area contributed by atoms with Gasteiger partial charge in [-0.1, -0.05) is 161 Å². The third-order valence-electron chi connectivity index (χ3n) is 7.47. The Hall–Kier alpha value is -0.370. The van der Waals surface area contributed by atoms with E-state index in [-0.39, 0.29) is 0 Å². The van der Waals surface area contributed by atoms with Crippen LogP contribution >= 0.6 is 0 Å². The molecule has 0 spiro atoms. The zero-order valence-electron chi connectivity index (χ0n) is 23.7. The Morgan fingerprint density at radius 3 is 0.882 bits per heavy atom. The molecule has 2 nitrogen and oxygen atoms in total. The average molecular weight is 480 g/mol. The second-order valence-corrected chi connectivity index (χ2v) is 11.0. The molecule has 0 saturated carbocycles. The summed E-state index contributed by atoms with van der Waals surface area (Å²) < 4.78 is 0. The first-order chi connectivity index (χ1) is 16.8. The van der Waals surface area contributed by atoms with Crippen LogP contribution in [0.4, 0.5) is 0 Å². The Morgan fingerprint density at radius 1 is 0.382 bits per heavy atom. The van der Waals surface area contributed by atoms with E-state index >= 15 is 0 Å². The molecular formula is C32H65NO. The zero-order valence-corrected chi connectivity index (χ0v) is 23.7. The van der Waals surface area contributed by atoms with Crippen molar-refractivity contribution in [2.45, 2.75) is 193 Å². The van der Waals surface area contributed by atoms with E-state index in [1.165, 1.54) is 161 Å². The van der Waals surface area contributed by atoms with Gasteiger partial charge in [0.2, 0.25) is 0 Å². The summed E-state index contributed by atoms with van der Waals surface area (Å²) in [6.45, 7) is 3.14. The molecule has 0 aromatic carbocycles. The van der Waals surface area contributed by atoms with E-state index in [1.807, 2.05) is 0 Å². The van der Waals surface area contributed by atoms with Crippen LogP contribution in [-0.2, 0) is 4.79 Å². The largest absolute Gasteiger partial charge is 0.330 e. The lowest BCUT2D eigenvalue weighted by atomic mass is 10.0. The highest BCUT2D eigenvalue weighted by Crippen LogP contribution is 2.15. The van der Waals surface area contributed by atoms with Gasteiger partial charge in [-0.3, -0.25) is 4.79 Å². The van der Waals surface area contributed by atoms with Crippen LogP contribution in [0.15, 0.2) is 0 Å². The summed E-state index contributed by atoms with van der Waals surface area (Å²) in [4.78, 5) is 12.1. The molecule has 0 rings (SSSR count). The van der Waals surface area contributed by atoms with E-state index in [2.05, 4.69) is 6.92 Å². The SMILES string of the molecule is CCCCCCCCCCCCCCCC(=O)CCCCCCCCCCCCCCCCN. The number of carbonyl (C=O) groups is 1. The molecule has 0 bridgehead atoms. The second kappa shape index (κ2) is 30.7. The molecule has 2 N–H and O–H groups in total. The summed E-state index contributed by atoms with van der Waals surface area (Å²) >= 11 is 0. The van der Waals surface area contributed by atoms with Gasteiger partial charge < -0.3 is 5.73 Å². The maximum Gasteiger partial charge on any atom is 0.132 e. The minimum atomic E-state index is 0.520. The molecule has 0 amide bonds. The fourth-order valence-corrected chi connectivity index (χ4v) is 5.05. The third-order valence-corrected chi connectivity index (χ3v) is 7.47. The monoisotopic (exact) mass is 480 g/mol. The number of ketones is 1. The van der Waals surface area contributed by atoms with Gasteiger partial charge in [-0.2, -0.15) is 0 Å². The van der Waals surface area contributed by atoms with Gasteiger partial charge in [0.25, 0.3) is 0 Å². The van der Waals surface area contributed by atoms with Crippen LogP contribution in [0.5, 0.6) is 0 Å². The molecule has 34 heavy (non-hydrogen) atoms. The maximum atomic E-state index is 12.1. The first kappa shape index (κ1) is 33.6. The molecule has 0 aliphatic heterocycles. The third kappa shape index (κ3) is 29.7. The van der Waals surface area contributed by atoms with Crippen molar-refractivity contribution < 1.29 is 4.79 Å². The van der Waals surface area contributed by atoms with Crippen molar-refractivity contribution in [2.24, 2.45) is 5.73 Å². The lowest BCUT2D eigenvalue weighted by Crippen LogP contribution is -1.97. The average Bonchev–Trinajstić information content (AvgIpc) is 2.84. The predicted molar refractivity (Wildman–Crippen MR) is 154 cm³/mol. The van der Waals surface area contributed by atoms with Gasteiger partial charge in [-0.15, -0.1) is 0 Å². The Bertz CT molecular complexity index is 381. The van der Waals surface area contributed by atoms with Gasteiger partial charge in [0.15, 0.2) is 0 Å². The smallest absolute Gasteiger partial charge is 0.132 e. The van der Waals surface area contributed by atoms with Crippen molar-refractivity contribution in [3.05, 3.63) is 0 Å². The quantitative estimate of drug-likeness (QED) is 0.104. The molecule has 0 aliphatic carbocycles. The molecule has 0 heterocycles. The zero-order chi connectivity index (χ0) is 24.8. The van der Waals surface area contributed by atoms with E-state index < -0.39 is 0 Å². The number of hydrogen-bond acceptors (Lipinski definition) is 2. The molecule has 0 unspecified atom stereocenters. The summed E-state index contributed by atoms with van der Waals surface area (Å²) in [5, 5.41) is 0. The number of unbranched alkanes of at least 4 members (excludes halogenated alkanes) is 25. The molecule has 0 radical (unpaired) electrons. The molecule has 2 heteroatoms. The van der Waals surface area contributed by atoms with Crippen molar-refractivity contribution in [3.63, 3.8) is 0 Å². The fourth-order valence-electron chi connectivity index (χ4n) is 5.05. The first-order valence-electron chi connectivity index (χ1n) is 16.0. The number of rotatable bonds is 30. The van der Waals surface area contributed by atoms with Crippen LogP contribution in [0.2, 0.25) is 0 Å². The Balaban J connectivity index is 3.14. The highest BCUT2D eigenvalue weighted by molar-refractivity contribution is 5.78. The molecule has 0 aromatic heterocycles. The Morgan fingerprint density at radius 2 is 0.618 bits per heavy atom. The van der Waals surface area contributed by atoms with Crippen LogP contribution in [-0.4, -0.2) is 12.3 Å². The topological polar surface area (TPSA) is 43.1 Å². The summed E-state index contributed by atoms with van der Waals surface area (Å²) in [7, 11) is 0. The van der Waals surface area contributed by atoms with Crippen LogP contribution in [0.25, 0.3) is 0 Å². The van der Waals surface area contributed by atoms with Crippen LogP contribution < -0.4 is 5.73 Å². The second-order valence-electron chi connectivity index (χ2n) is 11.0. The number of nitrogens with two attached hydrogens (primary N) is 1. The molecule has 0 aromatic rings. The maximum absolute atomic E-state index is 12.1. The highest BCUT2D eigenvalue weighted by Gasteiger charge is 2.02. The molecule has 0 aliphatic rings. The van der Waals surface area contributed by atoms with E-state index in [9.17, 15) is 4.79 Å².